The van der Waals surface area contributed by atoms with E-state index in [4.69, 9.17) is 9.47 Å². The van der Waals surface area contributed by atoms with Crippen molar-refractivity contribution in [1.29, 1.82) is 0 Å². The number of fused-ring (bicyclic) bond motifs is 1. The molecule has 1 N–H and O–H groups in total. The maximum absolute atomic E-state index is 12.4. The van der Waals surface area contributed by atoms with Crippen LogP contribution >= 0.6 is 0 Å². The lowest BCUT2D eigenvalue weighted by molar-refractivity contribution is -0.152. The molecule has 2 amide bonds. The average molecular weight is 400 g/mol. The number of aryl methyl sites for hydroxylation is 2. The number of anilines is 2. The lowest BCUT2D eigenvalue weighted by atomic mass is 10.2. The van der Waals surface area contributed by atoms with Gasteiger partial charge < -0.3 is 14.8 Å². The van der Waals surface area contributed by atoms with E-state index in [1.54, 1.807) is 42.9 Å². The fourth-order valence-corrected chi connectivity index (χ4v) is 3.09. The molecule has 2 aromatic rings. The van der Waals surface area contributed by atoms with Crippen molar-refractivity contribution < 1.29 is 23.9 Å². The van der Waals surface area contributed by atoms with Gasteiger partial charge in [0.05, 0.1) is 35.8 Å². The largest absolute Gasteiger partial charge is 0.491 e. The second kappa shape index (κ2) is 8.34. The van der Waals surface area contributed by atoms with Crippen molar-refractivity contribution >= 4 is 29.2 Å². The summed E-state index contributed by atoms with van der Waals surface area (Å²) in [6, 6.07) is 6.99. The molecule has 29 heavy (non-hydrogen) atoms. The van der Waals surface area contributed by atoms with Crippen LogP contribution in [0.2, 0.25) is 0 Å². The van der Waals surface area contributed by atoms with Crippen molar-refractivity contribution in [3.63, 3.8) is 0 Å². The van der Waals surface area contributed by atoms with Crippen LogP contribution < -0.4 is 15.0 Å². The highest BCUT2D eigenvalue weighted by Gasteiger charge is 2.27. The van der Waals surface area contributed by atoms with Gasteiger partial charge in [-0.3, -0.25) is 24.0 Å². The van der Waals surface area contributed by atoms with Gasteiger partial charge in [0, 0.05) is 7.05 Å². The third-order valence-corrected chi connectivity index (χ3v) is 4.75. The predicted octanol–water partition coefficient (Wildman–Crippen LogP) is 1.72. The van der Waals surface area contributed by atoms with Crippen molar-refractivity contribution in [1.82, 2.24) is 9.78 Å². The highest BCUT2D eigenvalue weighted by atomic mass is 16.5. The fourth-order valence-electron chi connectivity index (χ4n) is 3.09. The van der Waals surface area contributed by atoms with Crippen LogP contribution in [0.25, 0.3) is 0 Å². The van der Waals surface area contributed by atoms with E-state index in [0.29, 0.717) is 22.8 Å². The van der Waals surface area contributed by atoms with Crippen LogP contribution in [-0.2, 0) is 26.2 Å². The summed E-state index contributed by atoms with van der Waals surface area (Å²) in [6.07, 6.45) is -0.882. The molecule has 0 radical (unpaired) electrons. The Balaban J connectivity index is 1.65. The lowest BCUT2D eigenvalue weighted by Gasteiger charge is -2.22. The summed E-state index contributed by atoms with van der Waals surface area (Å²) in [7, 11) is 1.78. The average Bonchev–Trinajstić information content (AvgIpc) is 2.83. The van der Waals surface area contributed by atoms with Crippen LogP contribution in [0.3, 0.4) is 0 Å². The Bertz CT molecular complexity index is 952. The van der Waals surface area contributed by atoms with Gasteiger partial charge in [-0.2, -0.15) is 5.10 Å². The SMILES string of the molecule is Cc1nn(C)c(C)c1NC(=O)[C@@H](C)OC(=O)CN1C(=O)CCOc2ccccc21. The van der Waals surface area contributed by atoms with E-state index < -0.39 is 18.0 Å². The zero-order valence-electron chi connectivity index (χ0n) is 16.9. The number of nitrogens with zero attached hydrogens (tertiary/aromatic N) is 3. The molecular formula is C20H24N4O5. The van der Waals surface area contributed by atoms with E-state index in [9.17, 15) is 14.4 Å². The third-order valence-electron chi connectivity index (χ3n) is 4.75. The normalized spacial score (nSPS) is 14.5. The summed E-state index contributed by atoms with van der Waals surface area (Å²) in [5, 5.41) is 6.98. The summed E-state index contributed by atoms with van der Waals surface area (Å²) in [5.41, 5.74) is 2.56. The zero-order valence-corrected chi connectivity index (χ0v) is 16.9. The lowest BCUT2D eigenvalue weighted by Crippen LogP contribution is -2.39. The van der Waals surface area contributed by atoms with Gasteiger partial charge in [0.25, 0.3) is 5.91 Å². The van der Waals surface area contributed by atoms with Gasteiger partial charge in [-0.1, -0.05) is 12.1 Å². The van der Waals surface area contributed by atoms with Crippen LogP contribution in [0.4, 0.5) is 11.4 Å². The monoisotopic (exact) mass is 400 g/mol. The zero-order chi connectivity index (χ0) is 21.1. The summed E-state index contributed by atoms with van der Waals surface area (Å²) >= 11 is 0. The Kier molecular flexibility index (Phi) is 5.86. The molecule has 1 aromatic carbocycles. The highest BCUT2D eigenvalue weighted by Crippen LogP contribution is 2.30. The molecule has 0 fully saturated rings. The third kappa shape index (κ3) is 4.39. The van der Waals surface area contributed by atoms with Crippen molar-refractivity contribution in [2.24, 2.45) is 7.05 Å². The van der Waals surface area contributed by atoms with E-state index >= 15 is 0 Å². The van der Waals surface area contributed by atoms with Crippen LogP contribution in [0.15, 0.2) is 24.3 Å². The summed E-state index contributed by atoms with van der Waals surface area (Å²) in [5.74, 6) is -0.870. The molecule has 9 heteroatoms. The second-order valence-corrected chi connectivity index (χ2v) is 6.84. The number of hydrogen-bond acceptors (Lipinski definition) is 6. The predicted molar refractivity (Wildman–Crippen MR) is 106 cm³/mol. The van der Waals surface area contributed by atoms with Crippen molar-refractivity contribution in [3.8, 4) is 5.75 Å². The first-order valence-electron chi connectivity index (χ1n) is 9.30. The minimum absolute atomic E-state index is 0.150. The van der Waals surface area contributed by atoms with Crippen molar-refractivity contribution in [2.75, 3.05) is 23.4 Å². The summed E-state index contributed by atoms with van der Waals surface area (Å²) < 4.78 is 12.5. The molecule has 0 bridgehead atoms. The smallest absolute Gasteiger partial charge is 0.326 e. The van der Waals surface area contributed by atoms with Crippen LogP contribution in [0.5, 0.6) is 5.75 Å². The second-order valence-electron chi connectivity index (χ2n) is 6.84. The topological polar surface area (TPSA) is 103 Å². The van der Waals surface area contributed by atoms with Gasteiger partial charge in [-0.05, 0) is 32.9 Å². The number of ether oxygens (including phenoxy) is 2. The molecular weight excluding hydrogens is 376 g/mol. The number of benzene rings is 1. The number of carbonyl (C=O) groups is 3. The van der Waals surface area contributed by atoms with Crippen LogP contribution in [-0.4, -0.2) is 46.8 Å². The van der Waals surface area contributed by atoms with Gasteiger partial charge in [0.15, 0.2) is 6.10 Å². The molecule has 154 valence electrons. The number of hydrogen-bond donors (Lipinski definition) is 1. The van der Waals surface area contributed by atoms with E-state index in [0.717, 1.165) is 5.69 Å². The molecule has 9 nitrogen and oxygen atoms in total. The Morgan fingerprint density at radius 3 is 2.72 bits per heavy atom. The summed E-state index contributed by atoms with van der Waals surface area (Å²) in [4.78, 5) is 38.6. The number of rotatable bonds is 5. The van der Waals surface area contributed by atoms with E-state index in [-0.39, 0.29) is 25.5 Å². The van der Waals surface area contributed by atoms with Gasteiger partial charge >= 0.3 is 5.97 Å². The van der Waals surface area contributed by atoms with Gasteiger partial charge in [0.2, 0.25) is 5.91 Å². The first-order valence-corrected chi connectivity index (χ1v) is 9.30. The standard InChI is InChI=1S/C20H24N4O5/c1-12-19(13(2)23(4)22-12)21-20(27)14(3)29-18(26)11-24-15-7-5-6-8-16(15)28-10-9-17(24)25/h5-8,14H,9-11H2,1-4H3,(H,21,27)/t14-/m1/s1. The molecule has 0 spiro atoms. The van der Waals surface area contributed by atoms with E-state index in [2.05, 4.69) is 10.4 Å². The summed E-state index contributed by atoms with van der Waals surface area (Å²) in [6.45, 7) is 5.03. The first kappa shape index (κ1) is 20.4. The molecule has 0 saturated heterocycles. The van der Waals surface area contributed by atoms with Crippen LogP contribution in [0, 0.1) is 13.8 Å². The molecule has 0 aliphatic carbocycles. The van der Waals surface area contributed by atoms with E-state index in [1.165, 1.54) is 11.8 Å². The van der Waals surface area contributed by atoms with Crippen molar-refractivity contribution in [2.45, 2.75) is 33.3 Å². The molecule has 0 unspecified atom stereocenters. The maximum Gasteiger partial charge on any atom is 0.326 e. The van der Waals surface area contributed by atoms with Gasteiger partial charge in [-0.25, -0.2) is 0 Å². The number of aromatic nitrogens is 2. The molecule has 1 aliphatic heterocycles. The number of carbonyl (C=O) groups excluding carboxylic acids is 3. The molecule has 1 aliphatic rings. The molecule has 1 atom stereocenters. The maximum atomic E-state index is 12.4. The number of esters is 1. The minimum Gasteiger partial charge on any atom is -0.491 e. The first-order chi connectivity index (χ1) is 13.8. The van der Waals surface area contributed by atoms with Crippen molar-refractivity contribution in [3.05, 3.63) is 35.7 Å². The molecule has 1 aromatic heterocycles. The van der Waals surface area contributed by atoms with E-state index in [1.807, 2.05) is 6.92 Å². The Morgan fingerprint density at radius 1 is 1.31 bits per heavy atom. The highest BCUT2D eigenvalue weighted by molar-refractivity contribution is 6.00. The Hall–Kier alpha value is -3.36. The quantitative estimate of drug-likeness (QED) is 0.767. The minimum atomic E-state index is -1.03. The number of amides is 2. The van der Waals surface area contributed by atoms with Crippen LogP contribution in [0.1, 0.15) is 24.7 Å². The molecule has 3 rings (SSSR count). The van der Waals surface area contributed by atoms with Gasteiger partial charge in [-0.15, -0.1) is 0 Å². The van der Waals surface area contributed by atoms with Gasteiger partial charge in [0.1, 0.15) is 12.3 Å². The number of nitrogens with one attached hydrogen (secondary N) is 1. The Morgan fingerprint density at radius 2 is 2.03 bits per heavy atom. The number of para-hydroxylation sites is 2. The molecule has 0 saturated carbocycles. The molecule has 2 heterocycles. The fraction of sp³-hybridized carbons (Fsp3) is 0.400. The Labute approximate surface area is 168 Å².